The molecule has 1 aliphatic rings. The molecule has 2 heterocycles. The Kier molecular flexibility index (Phi) is 7.52. The maximum atomic E-state index is 12.3. The Balaban J connectivity index is 1.65. The summed E-state index contributed by atoms with van der Waals surface area (Å²) < 4.78 is 13.9. The second kappa shape index (κ2) is 10.1. The molecule has 28 heavy (non-hydrogen) atoms. The third kappa shape index (κ3) is 5.15. The van der Waals surface area contributed by atoms with Crippen molar-refractivity contribution in [3.05, 3.63) is 23.0 Å². The summed E-state index contributed by atoms with van der Waals surface area (Å²) in [6.07, 6.45) is 0. The van der Waals surface area contributed by atoms with Crippen molar-refractivity contribution < 1.29 is 19.1 Å². The number of morpholine rings is 1. The Bertz CT molecular complexity index is 900. The highest BCUT2D eigenvalue weighted by atomic mass is 32.2. The molecule has 7 nitrogen and oxygen atoms in total. The number of aryl methyl sites for hydroxylation is 1. The zero-order valence-electron chi connectivity index (χ0n) is 16.2. The molecule has 0 unspecified atom stereocenters. The number of fused-ring (bicyclic) bond motifs is 1. The molecule has 2 aromatic rings. The Morgan fingerprint density at radius 1 is 1.25 bits per heavy atom. The third-order valence-electron chi connectivity index (χ3n) is 4.32. The molecule has 152 valence electrons. The second-order valence-corrected chi connectivity index (χ2v) is 8.18. The predicted molar refractivity (Wildman–Crippen MR) is 112 cm³/mol. The van der Waals surface area contributed by atoms with Crippen molar-refractivity contribution in [2.24, 2.45) is 4.99 Å². The molecule has 1 aromatic carbocycles. The Morgan fingerprint density at radius 2 is 2.04 bits per heavy atom. The molecule has 9 heteroatoms. The van der Waals surface area contributed by atoms with E-state index in [1.54, 1.807) is 4.90 Å². The van der Waals surface area contributed by atoms with Gasteiger partial charge >= 0.3 is 0 Å². The van der Waals surface area contributed by atoms with E-state index in [4.69, 9.17) is 9.47 Å². The topological polar surface area (TPSA) is 73.1 Å². The van der Waals surface area contributed by atoms with Crippen LogP contribution >= 0.6 is 23.1 Å². The number of rotatable bonds is 7. The van der Waals surface area contributed by atoms with Gasteiger partial charge in [0.15, 0.2) is 4.80 Å². The maximum absolute atomic E-state index is 12.3. The largest absolute Gasteiger partial charge is 0.494 e. The van der Waals surface area contributed by atoms with Gasteiger partial charge in [0, 0.05) is 19.6 Å². The van der Waals surface area contributed by atoms with Gasteiger partial charge in [0.25, 0.3) is 5.91 Å². The van der Waals surface area contributed by atoms with E-state index in [0.717, 1.165) is 22.5 Å². The summed E-state index contributed by atoms with van der Waals surface area (Å²) in [5.74, 6) is 1.13. The summed E-state index contributed by atoms with van der Waals surface area (Å²) in [6.45, 7) is 7.73. The molecule has 0 atom stereocenters. The van der Waals surface area contributed by atoms with Crippen molar-refractivity contribution in [3.63, 3.8) is 0 Å². The Morgan fingerprint density at radius 3 is 2.75 bits per heavy atom. The van der Waals surface area contributed by atoms with E-state index >= 15 is 0 Å². The van der Waals surface area contributed by atoms with Crippen molar-refractivity contribution in [2.75, 3.05) is 44.4 Å². The SMILES string of the molecule is CCOc1ccc2c(c1)sc(=NC(=O)CSCC(=O)N1CCOCC1)n2CC. The Labute approximate surface area is 172 Å². The van der Waals surface area contributed by atoms with Crippen molar-refractivity contribution >= 4 is 45.1 Å². The predicted octanol–water partition coefficient (Wildman–Crippen LogP) is 2.14. The first kappa shape index (κ1) is 20.9. The summed E-state index contributed by atoms with van der Waals surface area (Å²) in [6, 6.07) is 5.91. The minimum Gasteiger partial charge on any atom is -0.494 e. The minimum absolute atomic E-state index is 0.0510. The number of nitrogens with zero attached hydrogens (tertiary/aromatic N) is 3. The zero-order valence-corrected chi connectivity index (χ0v) is 17.8. The lowest BCUT2D eigenvalue weighted by atomic mass is 10.3. The number of amides is 2. The number of hydrogen-bond donors (Lipinski definition) is 0. The van der Waals surface area contributed by atoms with Gasteiger partial charge in [-0.3, -0.25) is 9.59 Å². The van der Waals surface area contributed by atoms with Gasteiger partial charge in [0.1, 0.15) is 5.75 Å². The highest BCUT2D eigenvalue weighted by Crippen LogP contribution is 2.23. The molecule has 0 spiro atoms. The number of carbonyl (C=O) groups excluding carboxylic acids is 2. The van der Waals surface area contributed by atoms with Crippen LogP contribution in [0.1, 0.15) is 13.8 Å². The van der Waals surface area contributed by atoms with E-state index in [-0.39, 0.29) is 17.6 Å². The van der Waals surface area contributed by atoms with Crippen molar-refractivity contribution in [3.8, 4) is 5.75 Å². The van der Waals surface area contributed by atoms with Crippen LogP contribution in [0.3, 0.4) is 0 Å². The number of benzene rings is 1. The molecular weight excluding hydrogens is 398 g/mol. The first-order valence-corrected chi connectivity index (χ1v) is 11.4. The first-order valence-electron chi connectivity index (χ1n) is 9.39. The van der Waals surface area contributed by atoms with Crippen LogP contribution in [-0.2, 0) is 20.9 Å². The van der Waals surface area contributed by atoms with Gasteiger partial charge in [0.05, 0.1) is 41.5 Å². The van der Waals surface area contributed by atoms with Crippen LogP contribution in [0.2, 0.25) is 0 Å². The van der Waals surface area contributed by atoms with Gasteiger partial charge in [-0.2, -0.15) is 4.99 Å². The maximum Gasteiger partial charge on any atom is 0.258 e. The van der Waals surface area contributed by atoms with E-state index in [2.05, 4.69) is 4.99 Å². The number of hydrogen-bond acceptors (Lipinski definition) is 6. The standard InChI is InChI=1S/C19H25N3O4S2/c1-3-22-15-6-5-14(26-4-2)11-16(15)28-19(22)20-17(23)12-27-13-18(24)21-7-9-25-10-8-21/h5-6,11H,3-4,7-10,12-13H2,1-2H3. The summed E-state index contributed by atoms with van der Waals surface area (Å²) >= 11 is 2.79. The number of carbonyl (C=O) groups is 2. The molecule has 3 rings (SSSR count). The summed E-state index contributed by atoms with van der Waals surface area (Å²) in [4.78, 5) is 31.2. The van der Waals surface area contributed by atoms with Crippen LogP contribution in [0.5, 0.6) is 5.75 Å². The molecule has 0 N–H and O–H groups in total. The van der Waals surface area contributed by atoms with Crippen LogP contribution in [0, 0.1) is 0 Å². The van der Waals surface area contributed by atoms with Crippen LogP contribution in [0.4, 0.5) is 0 Å². The van der Waals surface area contributed by atoms with E-state index in [1.807, 2.05) is 36.6 Å². The molecule has 0 radical (unpaired) electrons. The van der Waals surface area contributed by atoms with E-state index < -0.39 is 0 Å². The van der Waals surface area contributed by atoms with Gasteiger partial charge in [-0.15, -0.1) is 11.8 Å². The lowest BCUT2D eigenvalue weighted by Gasteiger charge is -2.26. The summed E-state index contributed by atoms with van der Waals surface area (Å²) in [5.41, 5.74) is 1.04. The normalized spacial score (nSPS) is 15.2. The summed E-state index contributed by atoms with van der Waals surface area (Å²) in [7, 11) is 0. The molecule has 1 saturated heterocycles. The van der Waals surface area contributed by atoms with Gasteiger partial charge in [0.2, 0.25) is 5.91 Å². The lowest BCUT2D eigenvalue weighted by Crippen LogP contribution is -2.41. The van der Waals surface area contributed by atoms with Crippen molar-refractivity contribution in [1.29, 1.82) is 0 Å². The zero-order chi connectivity index (χ0) is 19.9. The Hall–Kier alpha value is -1.84. The van der Waals surface area contributed by atoms with Crippen molar-refractivity contribution in [2.45, 2.75) is 20.4 Å². The molecule has 1 aliphatic heterocycles. The highest BCUT2D eigenvalue weighted by Gasteiger charge is 2.17. The number of thioether (sulfide) groups is 1. The second-order valence-electron chi connectivity index (χ2n) is 6.18. The smallest absolute Gasteiger partial charge is 0.258 e. The number of aromatic nitrogens is 1. The van der Waals surface area contributed by atoms with Crippen LogP contribution < -0.4 is 9.54 Å². The average Bonchev–Trinajstić information content (AvgIpc) is 3.04. The lowest BCUT2D eigenvalue weighted by molar-refractivity contribution is -0.132. The van der Waals surface area contributed by atoms with Crippen LogP contribution in [0.15, 0.2) is 23.2 Å². The van der Waals surface area contributed by atoms with Crippen LogP contribution in [-0.4, -0.2) is 65.7 Å². The quantitative estimate of drug-likeness (QED) is 0.682. The van der Waals surface area contributed by atoms with Gasteiger partial charge < -0.3 is 18.9 Å². The first-order chi connectivity index (χ1) is 13.6. The van der Waals surface area contributed by atoms with E-state index in [9.17, 15) is 9.59 Å². The van der Waals surface area contributed by atoms with Gasteiger partial charge in [-0.05, 0) is 32.0 Å². The van der Waals surface area contributed by atoms with Crippen LogP contribution in [0.25, 0.3) is 10.2 Å². The van der Waals surface area contributed by atoms with E-state index in [0.29, 0.717) is 43.5 Å². The molecule has 0 aliphatic carbocycles. The minimum atomic E-state index is -0.224. The van der Waals surface area contributed by atoms with Gasteiger partial charge in [-0.1, -0.05) is 11.3 Å². The monoisotopic (exact) mass is 423 g/mol. The van der Waals surface area contributed by atoms with Gasteiger partial charge in [-0.25, -0.2) is 0 Å². The third-order valence-corrected chi connectivity index (χ3v) is 6.26. The molecule has 0 bridgehead atoms. The fraction of sp³-hybridized carbons (Fsp3) is 0.526. The molecule has 2 amide bonds. The molecule has 1 aromatic heterocycles. The van der Waals surface area contributed by atoms with Crippen molar-refractivity contribution in [1.82, 2.24) is 9.47 Å². The fourth-order valence-electron chi connectivity index (χ4n) is 2.97. The molecular formula is C19H25N3O4S2. The molecule has 1 fully saturated rings. The average molecular weight is 424 g/mol. The number of thiazole rings is 1. The fourth-order valence-corrected chi connectivity index (χ4v) is 4.81. The molecule has 0 saturated carbocycles. The summed E-state index contributed by atoms with van der Waals surface area (Å²) in [5, 5.41) is 0. The van der Waals surface area contributed by atoms with E-state index in [1.165, 1.54) is 23.1 Å². The highest BCUT2D eigenvalue weighted by molar-refractivity contribution is 8.00. The number of ether oxygens (including phenoxy) is 2.